The van der Waals surface area contributed by atoms with Gasteiger partial charge in [-0.15, -0.1) is 0 Å². The molecule has 1 N–H and O–H groups in total. The second-order valence-corrected chi connectivity index (χ2v) is 6.64. The van der Waals surface area contributed by atoms with E-state index in [9.17, 15) is 0 Å². The number of para-hydroxylation sites is 1. The molecular formula is C17H22N2S. The van der Waals surface area contributed by atoms with Crippen molar-refractivity contribution in [1.29, 1.82) is 0 Å². The van der Waals surface area contributed by atoms with E-state index in [2.05, 4.69) is 60.4 Å². The van der Waals surface area contributed by atoms with Crippen LogP contribution < -0.4 is 5.32 Å². The summed E-state index contributed by atoms with van der Waals surface area (Å²) < 4.78 is 0. The van der Waals surface area contributed by atoms with Crippen LogP contribution in [-0.4, -0.2) is 29.1 Å². The van der Waals surface area contributed by atoms with Crippen molar-refractivity contribution in [3.8, 4) is 0 Å². The molecule has 1 aromatic carbocycles. The highest BCUT2D eigenvalue weighted by atomic mass is 32.2. The lowest BCUT2D eigenvalue weighted by molar-refractivity contribution is 0.385. The third-order valence-electron chi connectivity index (χ3n) is 4.09. The zero-order chi connectivity index (χ0) is 13.8. The Morgan fingerprint density at radius 2 is 2.20 bits per heavy atom. The number of likely N-dealkylation sites (N-methyl/N-ethyl adjacent to an activating group) is 1. The van der Waals surface area contributed by atoms with Crippen molar-refractivity contribution in [1.82, 2.24) is 10.3 Å². The maximum atomic E-state index is 4.82. The smallest absolute Gasteiger partial charge is 0.0705 e. The average Bonchev–Trinajstić information content (AvgIpc) is 3.01. The molecule has 106 valence electrons. The first kappa shape index (κ1) is 13.9. The van der Waals surface area contributed by atoms with Gasteiger partial charge in [0.25, 0.3) is 0 Å². The number of rotatable bonds is 5. The number of thioether (sulfide) groups is 1. The number of nitrogens with zero attached hydrogens (tertiary/aromatic N) is 1. The number of aromatic nitrogens is 1. The second kappa shape index (κ2) is 6.59. The zero-order valence-electron chi connectivity index (χ0n) is 12.0. The molecule has 0 spiro atoms. The molecule has 2 nitrogen and oxygen atoms in total. The Balaban J connectivity index is 1.78. The van der Waals surface area contributed by atoms with E-state index in [4.69, 9.17) is 4.98 Å². The predicted molar refractivity (Wildman–Crippen MR) is 88.3 cm³/mol. The number of nitrogens with one attached hydrogen (secondary N) is 1. The van der Waals surface area contributed by atoms with Crippen LogP contribution in [0.5, 0.6) is 0 Å². The van der Waals surface area contributed by atoms with Gasteiger partial charge in [0.2, 0.25) is 0 Å². The maximum absolute atomic E-state index is 4.82. The van der Waals surface area contributed by atoms with Crippen LogP contribution in [0.4, 0.5) is 0 Å². The summed E-state index contributed by atoms with van der Waals surface area (Å²) >= 11 is 2.09. The summed E-state index contributed by atoms with van der Waals surface area (Å²) in [6.07, 6.45) is 2.39. The van der Waals surface area contributed by atoms with Gasteiger partial charge in [-0.25, -0.2) is 0 Å². The van der Waals surface area contributed by atoms with Gasteiger partial charge in [-0.2, -0.15) is 11.8 Å². The Morgan fingerprint density at radius 1 is 1.30 bits per heavy atom. The van der Waals surface area contributed by atoms with Gasteiger partial charge >= 0.3 is 0 Å². The number of fused-ring (bicyclic) bond motifs is 1. The van der Waals surface area contributed by atoms with E-state index in [1.54, 1.807) is 0 Å². The largest absolute Gasteiger partial charge is 0.314 e. The molecule has 3 heteroatoms. The predicted octanol–water partition coefficient (Wildman–Crippen LogP) is 3.51. The summed E-state index contributed by atoms with van der Waals surface area (Å²) in [5.41, 5.74) is 2.33. The van der Waals surface area contributed by atoms with Crippen molar-refractivity contribution in [2.45, 2.75) is 25.8 Å². The molecule has 1 fully saturated rings. The second-order valence-electron chi connectivity index (χ2n) is 5.49. The van der Waals surface area contributed by atoms with Gasteiger partial charge in [0.05, 0.1) is 5.52 Å². The van der Waals surface area contributed by atoms with Gasteiger partial charge in [-0.3, -0.25) is 4.98 Å². The van der Waals surface area contributed by atoms with Crippen molar-refractivity contribution < 1.29 is 0 Å². The highest BCUT2D eigenvalue weighted by Crippen LogP contribution is 2.27. The van der Waals surface area contributed by atoms with Crippen molar-refractivity contribution in [2.24, 2.45) is 5.92 Å². The van der Waals surface area contributed by atoms with Crippen LogP contribution in [0.25, 0.3) is 10.9 Å². The summed E-state index contributed by atoms with van der Waals surface area (Å²) in [6, 6.07) is 13.3. The lowest BCUT2D eigenvalue weighted by Crippen LogP contribution is -2.38. The fraction of sp³-hybridized carbons (Fsp3) is 0.471. The van der Waals surface area contributed by atoms with Crippen molar-refractivity contribution >= 4 is 22.7 Å². The SMILES string of the molecule is CCNC(Cc1ccc2ccccc2n1)C1CCSC1. The fourth-order valence-electron chi connectivity index (χ4n) is 2.99. The molecule has 2 aromatic rings. The number of hydrogen-bond donors (Lipinski definition) is 1. The Labute approximate surface area is 125 Å². The molecule has 0 amide bonds. The molecule has 1 aliphatic rings. The third-order valence-corrected chi connectivity index (χ3v) is 5.27. The van der Waals surface area contributed by atoms with Crippen LogP contribution in [0.3, 0.4) is 0 Å². The first-order valence-corrected chi connectivity index (χ1v) is 8.68. The highest BCUT2D eigenvalue weighted by molar-refractivity contribution is 7.99. The molecule has 0 saturated carbocycles. The van der Waals surface area contributed by atoms with Crippen LogP contribution >= 0.6 is 11.8 Å². The molecule has 20 heavy (non-hydrogen) atoms. The lowest BCUT2D eigenvalue weighted by Gasteiger charge is -2.23. The van der Waals surface area contributed by atoms with Crippen LogP contribution in [0.15, 0.2) is 36.4 Å². The van der Waals surface area contributed by atoms with E-state index in [1.807, 2.05) is 0 Å². The van der Waals surface area contributed by atoms with Crippen LogP contribution in [0.2, 0.25) is 0 Å². The number of hydrogen-bond acceptors (Lipinski definition) is 3. The molecular weight excluding hydrogens is 264 g/mol. The maximum Gasteiger partial charge on any atom is 0.0705 e. The Kier molecular flexibility index (Phi) is 4.58. The summed E-state index contributed by atoms with van der Waals surface area (Å²) in [6.45, 7) is 3.24. The lowest BCUT2D eigenvalue weighted by atomic mass is 9.94. The van der Waals surface area contributed by atoms with E-state index in [-0.39, 0.29) is 0 Å². The fourth-order valence-corrected chi connectivity index (χ4v) is 4.32. The molecule has 1 aromatic heterocycles. The van der Waals surface area contributed by atoms with Crippen LogP contribution in [0.1, 0.15) is 19.0 Å². The Morgan fingerprint density at radius 3 is 3.00 bits per heavy atom. The average molecular weight is 286 g/mol. The topological polar surface area (TPSA) is 24.9 Å². The highest BCUT2D eigenvalue weighted by Gasteiger charge is 2.25. The molecule has 2 unspecified atom stereocenters. The van der Waals surface area contributed by atoms with E-state index < -0.39 is 0 Å². The molecule has 0 radical (unpaired) electrons. The molecule has 1 aliphatic heterocycles. The van der Waals surface area contributed by atoms with Crippen LogP contribution in [-0.2, 0) is 6.42 Å². The van der Waals surface area contributed by atoms with Crippen molar-refractivity contribution in [2.75, 3.05) is 18.1 Å². The standard InChI is InChI=1S/C17H22N2S/c1-2-18-17(14-9-10-20-12-14)11-15-8-7-13-5-3-4-6-16(13)19-15/h3-8,14,17-18H,2,9-12H2,1H3. The monoisotopic (exact) mass is 286 g/mol. The summed E-state index contributed by atoms with van der Waals surface area (Å²) in [5, 5.41) is 4.90. The van der Waals surface area contributed by atoms with Gasteiger partial charge in [0.1, 0.15) is 0 Å². The normalized spacial score (nSPS) is 20.4. The summed E-state index contributed by atoms with van der Waals surface area (Å²) in [4.78, 5) is 4.82. The molecule has 1 saturated heterocycles. The minimum atomic E-state index is 0.573. The minimum absolute atomic E-state index is 0.573. The van der Waals surface area contributed by atoms with E-state index >= 15 is 0 Å². The molecule has 2 atom stereocenters. The van der Waals surface area contributed by atoms with E-state index in [1.165, 1.54) is 29.0 Å². The van der Waals surface area contributed by atoms with Gasteiger partial charge in [0, 0.05) is 23.5 Å². The van der Waals surface area contributed by atoms with Gasteiger partial charge in [-0.1, -0.05) is 31.2 Å². The zero-order valence-corrected chi connectivity index (χ0v) is 12.8. The first-order chi connectivity index (χ1) is 9.86. The number of pyridine rings is 1. The molecule has 3 rings (SSSR count). The summed E-state index contributed by atoms with van der Waals surface area (Å²) in [7, 11) is 0. The van der Waals surface area contributed by atoms with Gasteiger partial charge in [-0.05, 0) is 42.5 Å². The van der Waals surface area contributed by atoms with Crippen molar-refractivity contribution in [3.63, 3.8) is 0 Å². The van der Waals surface area contributed by atoms with E-state index in [0.717, 1.165) is 24.4 Å². The quantitative estimate of drug-likeness (QED) is 0.910. The van der Waals surface area contributed by atoms with Gasteiger partial charge in [0.15, 0.2) is 0 Å². The summed E-state index contributed by atoms with van der Waals surface area (Å²) in [5.74, 6) is 3.41. The van der Waals surface area contributed by atoms with Crippen molar-refractivity contribution in [3.05, 3.63) is 42.1 Å². The van der Waals surface area contributed by atoms with Gasteiger partial charge < -0.3 is 5.32 Å². The first-order valence-electron chi connectivity index (χ1n) is 7.52. The molecule has 2 heterocycles. The Hall–Kier alpha value is -1.06. The van der Waals surface area contributed by atoms with E-state index in [0.29, 0.717) is 6.04 Å². The molecule has 0 aliphatic carbocycles. The minimum Gasteiger partial charge on any atom is -0.314 e. The Bertz CT molecular complexity index is 564. The third kappa shape index (κ3) is 3.15. The molecule has 0 bridgehead atoms. The number of benzene rings is 1. The van der Waals surface area contributed by atoms with Crippen LogP contribution in [0, 0.1) is 5.92 Å².